The van der Waals surface area contributed by atoms with Crippen molar-refractivity contribution in [2.24, 2.45) is 0 Å². The van der Waals surface area contributed by atoms with E-state index in [2.05, 4.69) is 22.0 Å². The molecule has 0 aromatic heterocycles. The van der Waals surface area contributed by atoms with Crippen molar-refractivity contribution in [2.45, 2.75) is 6.92 Å². The van der Waals surface area contributed by atoms with Crippen LogP contribution in [0.2, 0.25) is 15.1 Å². The Labute approximate surface area is 168 Å². The van der Waals surface area contributed by atoms with Crippen LogP contribution in [0.5, 0.6) is 0 Å². The van der Waals surface area contributed by atoms with Crippen LogP contribution >= 0.6 is 34.8 Å². The van der Waals surface area contributed by atoms with E-state index >= 15 is 0 Å². The zero-order valence-corrected chi connectivity index (χ0v) is 16.7. The third-order valence-electron chi connectivity index (χ3n) is 4.55. The van der Waals surface area contributed by atoms with E-state index in [0.717, 1.165) is 38.4 Å². The summed E-state index contributed by atoms with van der Waals surface area (Å²) < 4.78 is 0. The number of piperazine rings is 1. The van der Waals surface area contributed by atoms with E-state index in [1.54, 1.807) is 24.3 Å². The van der Waals surface area contributed by atoms with Gasteiger partial charge >= 0.3 is 0 Å². The third-order valence-corrected chi connectivity index (χ3v) is 5.52. The molecule has 1 aliphatic heterocycles. The van der Waals surface area contributed by atoms with Crippen molar-refractivity contribution in [1.82, 2.24) is 4.90 Å². The van der Waals surface area contributed by atoms with Gasteiger partial charge in [0.1, 0.15) is 0 Å². The van der Waals surface area contributed by atoms with Gasteiger partial charge in [-0.25, -0.2) is 0 Å². The fourth-order valence-electron chi connectivity index (χ4n) is 3.02. The molecule has 0 saturated carbocycles. The molecule has 7 heteroatoms. The molecule has 4 nitrogen and oxygen atoms in total. The molecular formula is C19H20Cl3N3O. The minimum absolute atomic E-state index is 0.251. The Morgan fingerprint density at radius 3 is 2.38 bits per heavy atom. The van der Waals surface area contributed by atoms with Crippen molar-refractivity contribution in [3.63, 3.8) is 0 Å². The molecule has 0 unspecified atom stereocenters. The summed E-state index contributed by atoms with van der Waals surface area (Å²) in [6.45, 7) is 7.03. The summed E-state index contributed by atoms with van der Waals surface area (Å²) in [7, 11) is 0. The number of nitrogens with zero attached hydrogens (tertiary/aromatic N) is 2. The van der Waals surface area contributed by atoms with Crippen LogP contribution in [0, 0.1) is 0 Å². The summed E-state index contributed by atoms with van der Waals surface area (Å²) in [4.78, 5) is 17.3. The maximum absolute atomic E-state index is 12.6. The molecule has 1 saturated heterocycles. The molecule has 1 fully saturated rings. The van der Waals surface area contributed by atoms with E-state index in [-0.39, 0.29) is 5.91 Å². The van der Waals surface area contributed by atoms with Crippen molar-refractivity contribution >= 4 is 52.1 Å². The van der Waals surface area contributed by atoms with Gasteiger partial charge in [0.15, 0.2) is 0 Å². The molecule has 26 heavy (non-hydrogen) atoms. The van der Waals surface area contributed by atoms with Crippen molar-refractivity contribution in [3.8, 4) is 0 Å². The Bertz CT molecular complexity index is 805. The van der Waals surface area contributed by atoms with E-state index in [9.17, 15) is 4.79 Å². The highest BCUT2D eigenvalue weighted by Gasteiger charge is 2.20. The van der Waals surface area contributed by atoms with Gasteiger partial charge < -0.3 is 15.1 Å². The molecule has 2 aromatic rings. The Balaban J connectivity index is 1.81. The third kappa shape index (κ3) is 4.44. The lowest BCUT2D eigenvalue weighted by Gasteiger charge is -2.36. The number of carbonyl (C=O) groups is 1. The Hall–Kier alpha value is -1.46. The molecule has 0 spiro atoms. The molecule has 2 aromatic carbocycles. The topological polar surface area (TPSA) is 35.6 Å². The number of likely N-dealkylation sites (N-methyl/N-ethyl adjacent to an activating group) is 1. The highest BCUT2D eigenvalue weighted by Crippen LogP contribution is 2.31. The average Bonchev–Trinajstić information content (AvgIpc) is 2.64. The fourth-order valence-corrected chi connectivity index (χ4v) is 3.49. The van der Waals surface area contributed by atoms with Gasteiger partial charge in [0, 0.05) is 36.8 Å². The van der Waals surface area contributed by atoms with Gasteiger partial charge in [-0.05, 0) is 42.9 Å². The minimum Gasteiger partial charge on any atom is -0.367 e. The van der Waals surface area contributed by atoms with Gasteiger partial charge in [-0.3, -0.25) is 4.79 Å². The van der Waals surface area contributed by atoms with Crippen LogP contribution in [0.1, 0.15) is 17.3 Å². The standard InChI is InChI=1S/C19H20Cl3N3O/c1-2-24-7-9-25(10-8-24)18-6-4-14(20)12-17(18)23-19(26)13-3-5-15(21)16(22)11-13/h3-6,11-12H,2,7-10H2,1H3,(H,23,26). The van der Waals surface area contributed by atoms with Crippen LogP contribution in [-0.2, 0) is 0 Å². The van der Waals surface area contributed by atoms with Gasteiger partial charge in [-0.15, -0.1) is 0 Å². The maximum atomic E-state index is 12.6. The normalized spacial score (nSPS) is 15.2. The van der Waals surface area contributed by atoms with Gasteiger partial charge in [0.05, 0.1) is 21.4 Å². The summed E-state index contributed by atoms with van der Waals surface area (Å²) in [6.07, 6.45) is 0. The molecule has 138 valence electrons. The van der Waals surface area contributed by atoms with Crippen molar-refractivity contribution in [2.75, 3.05) is 42.9 Å². The smallest absolute Gasteiger partial charge is 0.255 e. The number of anilines is 2. The zero-order chi connectivity index (χ0) is 18.7. The first-order chi connectivity index (χ1) is 12.5. The van der Waals surface area contributed by atoms with E-state index < -0.39 is 0 Å². The van der Waals surface area contributed by atoms with Gasteiger partial charge in [-0.2, -0.15) is 0 Å². The lowest BCUT2D eigenvalue weighted by atomic mass is 10.1. The number of halogens is 3. The lowest BCUT2D eigenvalue weighted by molar-refractivity contribution is 0.102. The number of hydrogen-bond donors (Lipinski definition) is 1. The number of benzene rings is 2. The van der Waals surface area contributed by atoms with Gasteiger partial charge in [0.25, 0.3) is 5.91 Å². The fraction of sp³-hybridized carbons (Fsp3) is 0.316. The molecule has 1 aliphatic rings. The molecule has 0 radical (unpaired) electrons. The van der Waals surface area contributed by atoms with Crippen LogP contribution in [0.15, 0.2) is 36.4 Å². The number of hydrogen-bond acceptors (Lipinski definition) is 3. The van der Waals surface area contributed by atoms with E-state index in [1.807, 2.05) is 12.1 Å². The first-order valence-corrected chi connectivity index (χ1v) is 9.64. The van der Waals surface area contributed by atoms with Crippen LogP contribution < -0.4 is 10.2 Å². The Morgan fingerprint density at radius 1 is 1.00 bits per heavy atom. The molecule has 1 heterocycles. The quantitative estimate of drug-likeness (QED) is 0.764. The molecule has 0 bridgehead atoms. The van der Waals surface area contributed by atoms with Crippen molar-refractivity contribution in [1.29, 1.82) is 0 Å². The highest BCUT2D eigenvalue weighted by molar-refractivity contribution is 6.42. The summed E-state index contributed by atoms with van der Waals surface area (Å²) in [5, 5.41) is 4.30. The molecular weight excluding hydrogens is 393 g/mol. The average molecular weight is 413 g/mol. The van der Waals surface area contributed by atoms with Crippen LogP contribution in [-0.4, -0.2) is 43.5 Å². The van der Waals surface area contributed by atoms with Crippen LogP contribution in [0.4, 0.5) is 11.4 Å². The van der Waals surface area contributed by atoms with Crippen LogP contribution in [0.25, 0.3) is 0 Å². The van der Waals surface area contributed by atoms with E-state index in [4.69, 9.17) is 34.8 Å². The first kappa shape index (κ1) is 19.3. The number of nitrogens with one attached hydrogen (secondary N) is 1. The number of amides is 1. The van der Waals surface area contributed by atoms with Gasteiger partial charge in [-0.1, -0.05) is 41.7 Å². The predicted octanol–water partition coefficient (Wildman–Crippen LogP) is 5.04. The van der Waals surface area contributed by atoms with Crippen molar-refractivity contribution < 1.29 is 4.79 Å². The minimum atomic E-state index is -0.251. The Kier molecular flexibility index (Phi) is 6.30. The second-order valence-corrected chi connectivity index (χ2v) is 7.42. The summed E-state index contributed by atoms with van der Waals surface area (Å²) in [5.41, 5.74) is 2.11. The molecule has 0 aliphatic carbocycles. The monoisotopic (exact) mass is 411 g/mol. The zero-order valence-electron chi connectivity index (χ0n) is 14.4. The van der Waals surface area contributed by atoms with E-state index in [1.165, 1.54) is 0 Å². The van der Waals surface area contributed by atoms with Gasteiger partial charge in [0.2, 0.25) is 0 Å². The molecule has 1 N–H and O–H groups in total. The second-order valence-electron chi connectivity index (χ2n) is 6.17. The molecule has 0 atom stereocenters. The first-order valence-electron chi connectivity index (χ1n) is 8.51. The number of carbonyl (C=O) groups excluding carboxylic acids is 1. The van der Waals surface area contributed by atoms with E-state index in [0.29, 0.717) is 26.3 Å². The van der Waals surface area contributed by atoms with Crippen LogP contribution in [0.3, 0.4) is 0 Å². The highest BCUT2D eigenvalue weighted by atomic mass is 35.5. The molecule has 1 amide bonds. The predicted molar refractivity (Wildman–Crippen MR) is 110 cm³/mol. The molecule has 3 rings (SSSR count). The Morgan fingerprint density at radius 2 is 1.73 bits per heavy atom. The van der Waals surface area contributed by atoms with Crippen molar-refractivity contribution in [3.05, 3.63) is 57.0 Å². The largest absolute Gasteiger partial charge is 0.367 e. The maximum Gasteiger partial charge on any atom is 0.255 e. The number of rotatable bonds is 4. The SMILES string of the molecule is CCN1CCN(c2ccc(Cl)cc2NC(=O)c2ccc(Cl)c(Cl)c2)CC1. The lowest BCUT2D eigenvalue weighted by Crippen LogP contribution is -2.46. The summed E-state index contributed by atoms with van der Waals surface area (Å²) in [6, 6.07) is 10.4. The second kappa shape index (κ2) is 8.49. The summed E-state index contributed by atoms with van der Waals surface area (Å²) in [5.74, 6) is -0.251. The summed E-state index contributed by atoms with van der Waals surface area (Å²) >= 11 is 18.1.